The van der Waals surface area contributed by atoms with Crippen LogP contribution in [0.15, 0.2) is 34.1 Å². The number of rotatable bonds is 6. The number of thiocarbonyl (C=S) groups is 1. The number of benzene rings is 1. The molecule has 3 nitrogen and oxygen atoms in total. The van der Waals surface area contributed by atoms with Crippen LogP contribution in [0.4, 0.5) is 0 Å². The molecular weight excluding hydrogens is 368 g/mol. The Bertz CT molecular complexity index is 642. The van der Waals surface area contributed by atoms with E-state index in [9.17, 15) is 0 Å². The molecule has 0 atom stereocenters. The summed E-state index contributed by atoms with van der Waals surface area (Å²) in [6, 6.07) is 7.95. The third kappa shape index (κ3) is 4.51. The average Bonchev–Trinajstić information content (AvgIpc) is 2.83. The molecular formula is C15H17BrN2OS2. The number of methoxy groups -OCH3 is 1. The summed E-state index contributed by atoms with van der Waals surface area (Å²) in [6.45, 7) is 1.66. The molecule has 1 aromatic carbocycles. The van der Waals surface area contributed by atoms with Crippen molar-refractivity contribution in [1.29, 1.82) is 0 Å². The molecule has 0 radical (unpaired) electrons. The number of nitrogens with zero attached hydrogens (tertiary/aromatic N) is 1. The SMILES string of the molecule is COc1ccc(C(N)=S)cc1CN(C)Cc1cc(Br)cs1. The Labute approximate surface area is 142 Å². The van der Waals surface area contributed by atoms with Gasteiger partial charge in [0, 0.05) is 38.9 Å². The molecule has 0 amide bonds. The molecule has 1 heterocycles. The summed E-state index contributed by atoms with van der Waals surface area (Å²) >= 11 is 10.3. The van der Waals surface area contributed by atoms with Gasteiger partial charge >= 0.3 is 0 Å². The monoisotopic (exact) mass is 384 g/mol. The predicted molar refractivity (Wildman–Crippen MR) is 96.1 cm³/mol. The third-order valence-corrected chi connectivity index (χ3v) is 4.97. The fraction of sp³-hybridized carbons (Fsp3) is 0.267. The summed E-state index contributed by atoms with van der Waals surface area (Å²) in [5.74, 6) is 0.856. The molecule has 0 bridgehead atoms. The van der Waals surface area contributed by atoms with Crippen LogP contribution >= 0.6 is 39.5 Å². The van der Waals surface area contributed by atoms with Crippen LogP contribution in [0, 0.1) is 0 Å². The Kier molecular flexibility index (Phi) is 5.75. The van der Waals surface area contributed by atoms with Gasteiger partial charge in [0.25, 0.3) is 0 Å². The second kappa shape index (κ2) is 7.35. The number of hydrogen-bond donors (Lipinski definition) is 1. The lowest BCUT2D eigenvalue weighted by atomic mass is 10.1. The Morgan fingerprint density at radius 2 is 2.14 bits per heavy atom. The molecule has 21 heavy (non-hydrogen) atoms. The second-order valence-electron chi connectivity index (χ2n) is 4.79. The van der Waals surface area contributed by atoms with Gasteiger partial charge in [-0.3, -0.25) is 4.90 Å². The molecule has 0 fully saturated rings. The van der Waals surface area contributed by atoms with Gasteiger partial charge in [-0.2, -0.15) is 0 Å². The molecule has 0 saturated heterocycles. The van der Waals surface area contributed by atoms with Gasteiger partial charge in [-0.05, 0) is 47.2 Å². The first-order valence-corrected chi connectivity index (χ1v) is 8.46. The van der Waals surface area contributed by atoms with Crippen LogP contribution in [0.1, 0.15) is 16.0 Å². The predicted octanol–water partition coefficient (Wildman–Crippen LogP) is 3.79. The Balaban J connectivity index is 2.13. The van der Waals surface area contributed by atoms with E-state index in [1.54, 1.807) is 18.4 Å². The molecule has 0 aliphatic carbocycles. The highest BCUT2D eigenvalue weighted by atomic mass is 79.9. The third-order valence-electron chi connectivity index (χ3n) is 3.05. The minimum absolute atomic E-state index is 0.406. The maximum atomic E-state index is 5.70. The van der Waals surface area contributed by atoms with Crippen molar-refractivity contribution in [3.05, 3.63) is 50.1 Å². The van der Waals surface area contributed by atoms with Crippen molar-refractivity contribution in [3.8, 4) is 5.75 Å². The maximum absolute atomic E-state index is 5.70. The van der Waals surface area contributed by atoms with Crippen LogP contribution in [-0.4, -0.2) is 24.0 Å². The highest BCUT2D eigenvalue weighted by Crippen LogP contribution is 2.24. The summed E-state index contributed by atoms with van der Waals surface area (Å²) in [4.78, 5) is 3.96. The van der Waals surface area contributed by atoms with Crippen molar-refractivity contribution in [2.24, 2.45) is 5.73 Å². The zero-order valence-electron chi connectivity index (χ0n) is 11.9. The molecule has 0 aliphatic heterocycles. The molecule has 2 N–H and O–H groups in total. The second-order valence-corrected chi connectivity index (χ2v) is 7.15. The Hall–Kier alpha value is -0.950. The van der Waals surface area contributed by atoms with E-state index in [0.717, 1.165) is 34.4 Å². The normalized spacial score (nSPS) is 10.9. The molecule has 0 saturated carbocycles. The zero-order chi connectivity index (χ0) is 15.4. The first-order valence-electron chi connectivity index (χ1n) is 6.37. The van der Waals surface area contributed by atoms with E-state index < -0.39 is 0 Å². The summed E-state index contributed by atoms with van der Waals surface area (Å²) in [5, 5.41) is 2.09. The van der Waals surface area contributed by atoms with E-state index in [-0.39, 0.29) is 0 Å². The Morgan fingerprint density at radius 3 is 2.71 bits per heavy atom. The van der Waals surface area contributed by atoms with Gasteiger partial charge in [0.1, 0.15) is 10.7 Å². The molecule has 112 valence electrons. The summed E-state index contributed by atoms with van der Waals surface area (Å²) in [6.07, 6.45) is 0. The molecule has 2 rings (SSSR count). The smallest absolute Gasteiger partial charge is 0.123 e. The van der Waals surface area contributed by atoms with Crippen molar-refractivity contribution >= 4 is 44.5 Å². The molecule has 2 aromatic rings. The summed E-state index contributed by atoms with van der Waals surface area (Å²) in [5.41, 5.74) is 7.66. The fourth-order valence-electron chi connectivity index (χ4n) is 2.10. The van der Waals surface area contributed by atoms with E-state index in [2.05, 4.69) is 39.3 Å². The van der Waals surface area contributed by atoms with E-state index in [1.807, 2.05) is 18.2 Å². The lowest BCUT2D eigenvalue weighted by Crippen LogP contribution is -2.18. The van der Waals surface area contributed by atoms with Crippen LogP contribution in [-0.2, 0) is 13.1 Å². The van der Waals surface area contributed by atoms with Crippen molar-refractivity contribution in [2.45, 2.75) is 13.1 Å². The zero-order valence-corrected chi connectivity index (χ0v) is 15.1. The number of nitrogens with two attached hydrogens (primary N) is 1. The lowest BCUT2D eigenvalue weighted by Gasteiger charge is -2.18. The van der Waals surface area contributed by atoms with Crippen molar-refractivity contribution < 1.29 is 4.74 Å². The van der Waals surface area contributed by atoms with Crippen LogP contribution in [0.25, 0.3) is 0 Å². The van der Waals surface area contributed by atoms with Gasteiger partial charge in [-0.15, -0.1) is 11.3 Å². The highest BCUT2D eigenvalue weighted by Gasteiger charge is 2.10. The number of halogens is 1. The van der Waals surface area contributed by atoms with Crippen LogP contribution < -0.4 is 10.5 Å². The first kappa shape index (κ1) is 16.4. The van der Waals surface area contributed by atoms with Crippen molar-refractivity contribution in [2.75, 3.05) is 14.2 Å². The topological polar surface area (TPSA) is 38.5 Å². The van der Waals surface area contributed by atoms with Crippen LogP contribution in [0.5, 0.6) is 5.75 Å². The van der Waals surface area contributed by atoms with Gasteiger partial charge < -0.3 is 10.5 Å². The van der Waals surface area contributed by atoms with Gasteiger partial charge in [0.15, 0.2) is 0 Å². The van der Waals surface area contributed by atoms with Gasteiger partial charge in [0.05, 0.1) is 7.11 Å². The molecule has 0 spiro atoms. The minimum atomic E-state index is 0.406. The largest absolute Gasteiger partial charge is 0.496 e. The lowest BCUT2D eigenvalue weighted by molar-refractivity contribution is 0.312. The van der Waals surface area contributed by atoms with Gasteiger partial charge in [0.2, 0.25) is 0 Å². The molecule has 1 aromatic heterocycles. The summed E-state index contributed by atoms with van der Waals surface area (Å²) < 4.78 is 6.55. The van der Waals surface area contributed by atoms with Gasteiger partial charge in [-0.25, -0.2) is 0 Å². The van der Waals surface area contributed by atoms with E-state index in [4.69, 9.17) is 22.7 Å². The van der Waals surface area contributed by atoms with Crippen LogP contribution in [0.3, 0.4) is 0 Å². The van der Waals surface area contributed by atoms with Crippen molar-refractivity contribution in [1.82, 2.24) is 4.90 Å². The standard InChI is InChI=1S/C15H17BrN2OS2/c1-18(8-13-6-12(16)9-21-13)7-11-5-10(15(17)20)3-4-14(11)19-2/h3-6,9H,7-8H2,1-2H3,(H2,17,20). The fourth-order valence-corrected chi connectivity index (χ4v) is 3.76. The molecule has 0 aliphatic rings. The summed E-state index contributed by atoms with van der Waals surface area (Å²) in [7, 11) is 3.76. The number of hydrogen-bond acceptors (Lipinski definition) is 4. The Morgan fingerprint density at radius 1 is 1.38 bits per heavy atom. The van der Waals surface area contributed by atoms with E-state index >= 15 is 0 Å². The van der Waals surface area contributed by atoms with Crippen molar-refractivity contribution in [3.63, 3.8) is 0 Å². The highest BCUT2D eigenvalue weighted by molar-refractivity contribution is 9.10. The van der Waals surface area contributed by atoms with E-state index in [0.29, 0.717) is 4.99 Å². The van der Waals surface area contributed by atoms with Crippen LogP contribution in [0.2, 0.25) is 0 Å². The van der Waals surface area contributed by atoms with E-state index in [1.165, 1.54) is 4.88 Å². The minimum Gasteiger partial charge on any atom is -0.496 e. The quantitative estimate of drug-likeness (QED) is 0.768. The number of ether oxygens (including phenoxy) is 1. The number of thiophene rings is 1. The first-order chi connectivity index (χ1) is 9.99. The molecule has 6 heteroatoms. The maximum Gasteiger partial charge on any atom is 0.123 e. The molecule has 0 unspecified atom stereocenters. The average molecular weight is 385 g/mol. The van der Waals surface area contributed by atoms with Gasteiger partial charge in [-0.1, -0.05) is 12.2 Å².